The highest BCUT2D eigenvalue weighted by Crippen LogP contribution is 2.62. The third-order valence-electron chi connectivity index (χ3n) is 12.1. The molecule has 1 heterocycles. The highest BCUT2D eigenvalue weighted by molar-refractivity contribution is 6.03. The quantitative estimate of drug-likeness (QED) is 0.0501. The van der Waals surface area contributed by atoms with E-state index in [0.717, 1.165) is 42.4 Å². The number of carbonyl (C=O) groups is 2. The maximum Gasteiger partial charge on any atom is 0.417 e. The Balaban J connectivity index is 1.50. The molecule has 3 aliphatic rings. The fraction of sp³-hybridized carbons (Fsp3) is 0.490. The van der Waals surface area contributed by atoms with E-state index in [2.05, 4.69) is 18.0 Å². The minimum Gasteiger partial charge on any atom is -0.497 e. The molecule has 0 radical (unpaired) electrons. The van der Waals surface area contributed by atoms with Gasteiger partial charge in [-0.25, -0.2) is 9.59 Å². The molecule has 2 amide bonds. The Bertz CT molecular complexity index is 2060. The van der Waals surface area contributed by atoms with E-state index in [4.69, 9.17) is 38.4 Å². The molecule has 3 N–H and O–H groups in total. The normalized spacial score (nSPS) is 22.7. The molecule has 2 aliphatic carbocycles. The Hall–Kier alpha value is -5.57. The monoisotopic (exact) mass is 869 g/mol. The Morgan fingerprint density at radius 2 is 1.73 bits per heavy atom. The fourth-order valence-electron chi connectivity index (χ4n) is 9.42. The molecule has 1 saturated carbocycles. The number of rotatable bonds is 22. The van der Waals surface area contributed by atoms with Gasteiger partial charge in [-0.2, -0.15) is 0 Å². The lowest BCUT2D eigenvalue weighted by Gasteiger charge is -2.59. The molecule has 63 heavy (non-hydrogen) atoms. The number of allylic oxidation sites excluding steroid dienone is 1. The van der Waals surface area contributed by atoms with Gasteiger partial charge in [0.05, 0.1) is 38.1 Å². The second-order valence-electron chi connectivity index (χ2n) is 16.0. The number of amides is 2. The summed E-state index contributed by atoms with van der Waals surface area (Å²) in [6.45, 7) is 8.90. The van der Waals surface area contributed by atoms with Crippen molar-refractivity contribution in [2.45, 2.75) is 89.6 Å². The van der Waals surface area contributed by atoms with Gasteiger partial charge in [-0.05, 0) is 92.3 Å². The van der Waals surface area contributed by atoms with Crippen molar-refractivity contribution < 1.29 is 53.1 Å². The summed E-state index contributed by atoms with van der Waals surface area (Å²) >= 11 is 0. The number of aliphatic hydroxyl groups excluding tert-OH is 2. The van der Waals surface area contributed by atoms with Crippen molar-refractivity contribution in [3.05, 3.63) is 102 Å². The highest BCUT2D eigenvalue weighted by Gasteiger charge is 2.65. The number of benzene rings is 3. The van der Waals surface area contributed by atoms with Crippen LogP contribution in [0.1, 0.15) is 82.3 Å². The van der Waals surface area contributed by atoms with E-state index in [9.17, 15) is 19.8 Å². The molecule has 0 bridgehead atoms. The Morgan fingerprint density at radius 3 is 2.43 bits per heavy atom. The molecular formula is C49H63N3O11. The molecule has 0 saturated heterocycles. The van der Waals surface area contributed by atoms with Crippen LogP contribution < -0.4 is 24.3 Å². The van der Waals surface area contributed by atoms with Crippen molar-refractivity contribution in [1.29, 1.82) is 0 Å². The van der Waals surface area contributed by atoms with Crippen LogP contribution in [0.25, 0.3) is 0 Å². The number of nitrogens with zero attached hydrogens (tertiary/aromatic N) is 2. The number of nitrogens with one attached hydrogen (secondary N) is 1. The van der Waals surface area contributed by atoms with Crippen LogP contribution in [0.5, 0.6) is 23.0 Å². The van der Waals surface area contributed by atoms with Crippen LogP contribution in [0.4, 0.5) is 15.3 Å². The summed E-state index contributed by atoms with van der Waals surface area (Å²) in [6, 6.07) is 19.2. The van der Waals surface area contributed by atoms with Gasteiger partial charge in [0.25, 0.3) is 0 Å². The predicted molar refractivity (Wildman–Crippen MR) is 239 cm³/mol. The largest absolute Gasteiger partial charge is 0.497 e. The van der Waals surface area contributed by atoms with Gasteiger partial charge in [-0.15, -0.1) is 6.58 Å². The van der Waals surface area contributed by atoms with Crippen LogP contribution >= 0.6 is 0 Å². The lowest BCUT2D eigenvalue weighted by atomic mass is 9.55. The molecule has 340 valence electrons. The lowest BCUT2D eigenvalue weighted by molar-refractivity contribution is -0.255. The van der Waals surface area contributed by atoms with Crippen LogP contribution in [0.3, 0.4) is 0 Å². The van der Waals surface area contributed by atoms with Gasteiger partial charge in [0.1, 0.15) is 42.3 Å². The molecule has 3 aromatic rings. The number of anilines is 1. The van der Waals surface area contributed by atoms with Crippen molar-refractivity contribution in [2.24, 2.45) is 22.9 Å². The first-order valence-corrected chi connectivity index (χ1v) is 22.1. The number of aliphatic hydroxyl groups is 2. The highest BCUT2D eigenvalue weighted by atomic mass is 16.7. The minimum atomic E-state index is -1.46. The molecule has 1 fully saturated rings. The van der Waals surface area contributed by atoms with E-state index in [1.54, 1.807) is 48.4 Å². The van der Waals surface area contributed by atoms with E-state index < -0.39 is 29.9 Å². The van der Waals surface area contributed by atoms with Crippen molar-refractivity contribution in [2.75, 3.05) is 52.5 Å². The summed E-state index contributed by atoms with van der Waals surface area (Å²) in [7, 11) is 3.05. The van der Waals surface area contributed by atoms with Crippen LogP contribution in [0, 0.1) is 17.8 Å². The zero-order valence-corrected chi connectivity index (χ0v) is 37.0. The Labute approximate surface area is 370 Å². The van der Waals surface area contributed by atoms with E-state index in [1.807, 2.05) is 50.2 Å². The third-order valence-corrected chi connectivity index (χ3v) is 12.1. The first kappa shape index (κ1) is 46.9. The number of ether oxygens (including phenoxy) is 6. The Morgan fingerprint density at radius 1 is 0.968 bits per heavy atom. The molecule has 0 unspecified atom stereocenters. The molecule has 3 aromatic carbocycles. The van der Waals surface area contributed by atoms with Gasteiger partial charge in [0, 0.05) is 43.7 Å². The fourth-order valence-corrected chi connectivity index (χ4v) is 9.42. The first-order chi connectivity index (χ1) is 30.7. The van der Waals surface area contributed by atoms with E-state index in [1.165, 1.54) is 7.11 Å². The molecule has 0 spiro atoms. The number of fused-ring (bicyclic) bond motifs is 2. The van der Waals surface area contributed by atoms with Gasteiger partial charge < -0.3 is 43.5 Å². The number of unbranched alkanes of at least 4 members (excludes halogenated alkanes) is 2. The second kappa shape index (κ2) is 22.7. The molecule has 14 nitrogen and oxygen atoms in total. The molecule has 6 rings (SSSR count). The maximum absolute atomic E-state index is 14.5. The topological polar surface area (TPSA) is 167 Å². The summed E-state index contributed by atoms with van der Waals surface area (Å²) in [5.41, 5.74) is 3.65. The smallest absolute Gasteiger partial charge is 0.417 e. The van der Waals surface area contributed by atoms with Crippen LogP contribution in [0.15, 0.2) is 96.2 Å². The Kier molecular flexibility index (Phi) is 16.9. The predicted octanol–water partition coefficient (Wildman–Crippen LogP) is 9.02. The van der Waals surface area contributed by atoms with Gasteiger partial charge >= 0.3 is 12.2 Å². The van der Waals surface area contributed by atoms with E-state index >= 15 is 0 Å². The van der Waals surface area contributed by atoms with Crippen molar-refractivity contribution in [1.82, 2.24) is 4.90 Å². The van der Waals surface area contributed by atoms with E-state index in [-0.39, 0.29) is 56.4 Å². The average Bonchev–Trinajstić information content (AvgIpc) is 3.30. The molecule has 0 aromatic heterocycles. The van der Waals surface area contributed by atoms with Crippen molar-refractivity contribution >= 4 is 23.6 Å². The average molecular weight is 870 g/mol. The molecule has 1 aliphatic heterocycles. The number of carbonyl (C=O) groups excluding carboxylic acids is 2. The third kappa shape index (κ3) is 10.8. The molecular weight excluding hydrogens is 807 g/mol. The number of methoxy groups -OCH3 is 2. The molecule has 6 atom stereocenters. The summed E-state index contributed by atoms with van der Waals surface area (Å²) in [5, 5.41) is 27.4. The van der Waals surface area contributed by atoms with Gasteiger partial charge in [0.2, 0.25) is 5.79 Å². The summed E-state index contributed by atoms with van der Waals surface area (Å²) in [6.07, 6.45) is 7.93. The molecule has 14 heteroatoms. The maximum atomic E-state index is 14.5. The lowest BCUT2D eigenvalue weighted by Crippen LogP contribution is -2.70. The van der Waals surface area contributed by atoms with Crippen LogP contribution in [0.2, 0.25) is 0 Å². The van der Waals surface area contributed by atoms with Crippen molar-refractivity contribution in [3.8, 4) is 23.0 Å². The van der Waals surface area contributed by atoms with Gasteiger partial charge in [-0.3, -0.25) is 10.2 Å². The number of hydrogen-bond donors (Lipinski definition) is 3. The first-order valence-electron chi connectivity index (χ1n) is 22.1. The van der Waals surface area contributed by atoms with E-state index in [0.29, 0.717) is 61.1 Å². The second-order valence-corrected chi connectivity index (χ2v) is 16.0. The summed E-state index contributed by atoms with van der Waals surface area (Å²) in [5.74, 6) is -0.531. The zero-order valence-electron chi connectivity index (χ0n) is 37.0. The standard InChI is InChI=1S/C49H63N3O11/c1-6-24-52(48(56)59-32-33-16-10-9-11-17-33)44-31-41(51-61-8-3)38-28-34(18-12-14-25-53)37(19-13-15-26-54)45-39-29-36(21-23-42(39)63-49(44,46(38)45)60-27-7-2)62-47(55)50-40-22-20-35(57-4)30-43(40)58-5/h7,9-11,16-17,20-23,28-30,34,37,44-46,53-54H,2,6,8,12-15,18-19,24-27,31-32H2,1,3-5H3,(H,50,55)/t34-,37+,44-,45+,46+,49+/m0/s1. The zero-order chi connectivity index (χ0) is 44.8. The number of hydrogen-bond acceptors (Lipinski definition) is 12. The van der Waals surface area contributed by atoms with Gasteiger partial charge in [0.15, 0.2) is 0 Å². The van der Waals surface area contributed by atoms with Crippen LogP contribution in [-0.4, -0.2) is 92.0 Å². The summed E-state index contributed by atoms with van der Waals surface area (Å²) < 4.78 is 37.1. The van der Waals surface area contributed by atoms with Crippen molar-refractivity contribution in [3.63, 3.8) is 0 Å². The SMILES string of the molecule is C=CCO[C@@]12Oc3ccc(OC(=O)Nc4ccc(OC)cc4OC)cc3[C@H]3[C@H](CCCCO)[C@@H](CCCCO)C=C(C(=NOCC)C[C@@H]1N(CCC)C(=O)OCc1ccccc1)[C@H]32. The van der Waals surface area contributed by atoms with Gasteiger partial charge in [-0.1, -0.05) is 67.4 Å². The minimum absolute atomic E-state index is 0.0240. The number of oxime groups is 1. The van der Waals surface area contributed by atoms with Crippen LogP contribution in [-0.2, 0) is 20.9 Å². The summed E-state index contributed by atoms with van der Waals surface area (Å²) in [4.78, 5) is 35.6.